The molecule has 0 fully saturated rings. The number of nitrogens with zero attached hydrogens (tertiary/aromatic N) is 1. The topological polar surface area (TPSA) is 67.8 Å². The van der Waals surface area contributed by atoms with E-state index in [-0.39, 0.29) is 13.2 Å². The summed E-state index contributed by atoms with van der Waals surface area (Å²) >= 11 is 0. The van der Waals surface area contributed by atoms with Gasteiger partial charge in [-0.2, -0.15) is 0 Å². The molecular formula is C29H52NO5P. The average Bonchev–Trinajstić information content (AvgIpc) is 2.81. The van der Waals surface area contributed by atoms with Crippen LogP contribution in [0.1, 0.15) is 89.5 Å². The first-order valence-corrected chi connectivity index (χ1v) is 15.5. The van der Waals surface area contributed by atoms with E-state index in [9.17, 15) is 9.46 Å². The maximum atomic E-state index is 11.8. The highest BCUT2D eigenvalue weighted by Gasteiger charge is 2.13. The van der Waals surface area contributed by atoms with Crippen molar-refractivity contribution in [3.8, 4) is 5.75 Å². The molecule has 1 aromatic carbocycles. The molecule has 0 heterocycles. The monoisotopic (exact) mass is 525 g/mol. The van der Waals surface area contributed by atoms with Crippen molar-refractivity contribution in [2.24, 2.45) is 0 Å². The minimum absolute atomic E-state index is 0.0701. The van der Waals surface area contributed by atoms with E-state index in [0.717, 1.165) is 24.3 Å². The Kier molecular flexibility index (Phi) is 18.1. The first kappa shape index (κ1) is 32.9. The Hall–Kier alpha value is -1.17. The van der Waals surface area contributed by atoms with Crippen molar-refractivity contribution in [3.63, 3.8) is 0 Å². The van der Waals surface area contributed by atoms with Gasteiger partial charge in [0.2, 0.25) is 0 Å². The number of quaternary nitrogens is 1. The lowest BCUT2D eigenvalue weighted by molar-refractivity contribution is -0.870. The third-order valence-electron chi connectivity index (χ3n) is 6.00. The van der Waals surface area contributed by atoms with Crippen LogP contribution in [-0.4, -0.2) is 52.0 Å². The summed E-state index contributed by atoms with van der Waals surface area (Å²) in [6, 6.07) is 7.76. The SMILES string of the molecule is CCCCCC/C=C\CCCCCCCCOc1ccc(CCOP(=O)([O-])OCC[N+](C)(C)C)cc1. The van der Waals surface area contributed by atoms with Gasteiger partial charge in [-0.25, -0.2) is 0 Å². The van der Waals surface area contributed by atoms with Crippen LogP contribution < -0.4 is 9.63 Å². The van der Waals surface area contributed by atoms with E-state index in [1.165, 1.54) is 70.6 Å². The molecule has 0 saturated heterocycles. The van der Waals surface area contributed by atoms with Gasteiger partial charge in [0.1, 0.15) is 18.9 Å². The number of allylic oxidation sites excluding steroid dienone is 2. The molecule has 0 spiro atoms. The van der Waals surface area contributed by atoms with Gasteiger partial charge in [0, 0.05) is 0 Å². The van der Waals surface area contributed by atoms with Crippen LogP contribution in [0.15, 0.2) is 36.4 Å². The summed E-state index contributed by atoms with van der Waals surface area (Å²) in [5.74, 6) is 0.847. The van der Waals surface area contributed by atoms with Crippen molar-refractivity contribution in [2.75, 3.05) is 47.5 Å². The molecule has 0 amide bonds. The lowest BCUT2D eigenvalue weighted by atomic mass is 10.1. The number of rotatable bonds is 23. The summed E-state index contributed by atoms with van der Waals surface area (Å²) in [5, 5.41) is 0. The molecule has 1 unspecified atom stereocenters. The molecule has 1 rings (SSSR count). The van der Waals surface area contributed by atoms with E-state index in [1.54, 1.807) is 0 Å². The molecule has 0 saturated carbocycles. The van der Waals surface area contributed by atoms with E-state index < -0.39 is 7.82 Å². The van der Waals surface area contributed by atoms with Gasteiger partial charge in [-0.3, -0.25) is 4.57 Å². The second-order valence-electron chi connectivity index (χ2n) is 10.6. The molecule has 0 aliphatic carbocycles. The van der Waals surface area contributed by atoms with Crippen LogP contribution in [0.3, 0.4) is 0 Å². The average molecular weight is 526 g/mol. The van der Waals surface area contributed by atoms with Crippen LogP contribution in [0, 0.1) is 0 Å². The highest BCUT2D eigenvalue weighted by atomic mass is 31.2. The fourth-order valence-corrected chi connectivity index (χ4v) is 4.37. The van der Waals surface area contributed by atoms with Crippen LogP contribution in [0.4, 0.5) is 0 Å². The standard InChI is InChI=1S/C29H52NO5P/c1-5-6-7-8-9-10-11-12-13-14-15-16-17-18-25-33-29-21-19-28(20-22-29)23-26-34-36(31,32)35-27-24-30(2,3)4/h10-11,19-22H,5-9,12-18,23-27H2,1-4H3/b11-10-. The molecule has 6 nitrogen and oxygen atoms in total. The van der Waals surface area contributed by atoms with Crippen molar-refractivity contribution in [1.29, 1.82) is 0 Å². The zero-order chi connectivity index (χ0) is 26.5. The largest absolute Gasteiger partial charge is 0.756 e. The molecular weight excluding hydrogens is 473 g/mol. The summed E-state index contributed by atoms with van der Waals surface area (Å²) in [5.41, 5.74) is 1.00. The number of unbranched alkanes of at least 4 members (excludes halogenated alkanes) is 10. The highest BCUT2D eigenvalue weighted by Crippen LogP contribution is 2.38. The van der Waals surface area contributed by atoms with Gasteiger partial charge in [0.25, 0.3) is 7.82 Å². The number of likely N-dealkylation sites (N-methyl/N-ethyl adjacent to an activating group) is 1. The summed E-state index contributed by atoms with van der Waals surface area (Å²) < 4.78 is 28.2. The minimum Gasteiger partial charge on any atom is -0.756 e. The Balaban J connectivity index is 2.02. The maximum absolute atomic E-state index is 11.8. The Labute approximate surface area is 221 Å². The summed E-state index contributed by atoms with van der Waals surface area (Å²) in [6.45, 7) is 3.77. The van der Waals surface area contributed by atoms with Crippen LogP contribution in [0.5, 0.6) is 5.75 Å². The van der Waals surface area contributed by atoms with E-state index in [4.69, 9.17) is 13.8 Å². The molecule has 0 bridgehead atoms. The van der Waals surface area contributed by atoms with Crippen LogP contribution in [0.2, 0.25) is 0 Å². The lowest BCUT2D eigenvalue weighted by Gasteiger charge is -2.27. The summed E-state index contributed by atoms with van der Waals surface area (Å²) in [4.78, 5) is 11.8. The number of hydrogen-bond donors (Lipinski definition) is 0. The van der Waals surface area contributed by atoms with Crippen LogP contribution in [-0.2, 0) is 20.0 Å². The van der Waals surface area contributed by atoms with Gasteiger partial charge in [0.15, 0.2) is 0 Å². The number of benzene rings is 1. The zero-order valence-corrected chi connectivity index (χ0v) is 24.3. The van der Waals surface area contributed by atoms with Gasteiger partial charge >= 0.3 is 0 Å². The number of ether oxygens (including phenoxy) is 1. The van der Waals surface area contributed by atoms with Crippen molar-refractivity contribution >= 4 is 7.82 Å². The molecule has 0 aliphatic heterocycles. The maximum Gasteiger partial charge on any atom is 0.268 e. The Morgan fingerprint density at radius 2 is 1.33 bits per heavy atom. The number of hydrogen-bond acceptors (Lipinski definition) is 5. The number of phosphoric acid groups is 1. The fourth-order valence-electron chi connectivity index (χ4n) is 3.68. The third-order valence-corrected chi connectivity index (χ3v) is 7.00. The minimum atomic E-state index is -4.25. The predicted octanol–water partition coefficient (Wildman–Crippen LogP) is 7.07. The molecule has 36 heavy (non-hydrogen) atoms. The molecule has 1 aromatic rings. The van der Waals surface area contributed by atoms with Gasteiger partial charge in [-0.15, -0.1) is 0 Å². The van der Waals surface area contributed by atoms with Crippen molar-refractivity contribution in [2.45, 2.75) is 90.4 Å². The van der Waals surface area contributed by atoms with Crippen LogP contribution in [0.25, 0.3) is 0 Å². The molecule has 7 heteroatoms. The third kappa shape index (κ3) is 20.0. The molecule has 0 aliphatic rings. The Morgan fingerprint density at radius 1 is 0.778 bits per heavy atom. The molecule has 1 atom stereocenters. The molecule has 0 aromatic heterocycles. The molecule has 208 valence electrons. The van der Waals surface area contributed by atoms with Crippen LogP contribution >= 0.6 is 7.82 Å². The first-order valence-electron chi connectivity index (χ1n) is 14.0. The van der Waals surface area contributed by atoms with Gasteiger partial charge in [0.05, 0.1) is 34.4 Å². The summed E-state index contributed by atoms with van der Waals surface area (Å²) in [6.07, 6.45) is 20.5. The summed E-state index contributed by atoms with van der Waals surface area (Å²) in [7, 11) is 1.68. The zero-order valence-electron chi connectivity index (χ0n) is 23.4. The second-order valence-corrected chi connectivity index (χ2v) is 12.0. The van der Waals surface area contributed by atoms with Gasteiger partial charge in [-0.05, 0) is 56.2 Å². The Bertz CT molecular complexity index is 730. The van der Waals surface area contributed by atoms with Crippen molar-refractivity contribution < 1.29 is 27.7 Å². The molecule has 0 radical (unpaired) electrons. The van der Waals surface area contributed by atoms with Gasteiger partial charge in [-0.1, -0.05) is 76.2 Å². The van der Waals surface area contributed by atoms with Crippen molar-refractivity contribution in [3.05, 3.63) is 42.0 Å². The fraction of sp³-hybridized carbons (Fsp3) is 0.724. The smallest absolute Gasteiger partial charge is 0.268 e. The highest BCUT2D eigenvalue weighted by molar-refractivity contribution is 7.45. The Morgan fingerprint density at radius 3 is 1.94 bits per heavy atom. The molecule has 0 N–H and O–H groups in total. The van der Waals surface area contributed by atoms with E-state index in [1.807, 2.05) is 45.4 Å². The first-order chi connectivity index (χ1) is 17.2. The van der Waals surface area contributed by atoms with Crippen molar-refractivity contribution in [1.82, 2.24) is 0 Å². The second kappa shape index (κ2) is 19.9. The van der Waals surface area contributed by atoms with E-state index in [2.05, 4.69) is 19.1 Å². The lowest BCUT2D eigenvalue weighted by Crippen LogP contribution is -2.37. The van der Waals surface area contributed by atoms with Gasteiger partial charge < -0.3 is 23.2 Å². The normalized spacial score (nSPS) is 13.8. The predicted molar refractivity (Wildman–Crippen MR) is 148 cm³/mol. The quantitative estimate of drug-likeness (QED) is 0.0661. The van der Waals surface area contributed by atoms with E-state index in [0.29, 0.717) is 17.4 Å². The van der Waals surface area contributed by atoms with E-state index >= 15 is 0 Å². The number of phosphoric ester groups is 1.